The van der Waals surface area contributed by atoms with E-state index in [-0.39, 0.29) is 4.41 Å². The summed E-state index contributed by atoms with van der Waals surface area (Å²) in [6.45, 7) is 0. The van der Waals surface area contributed by atoms with Crippen LogP contribution in [0.15, 0.2) is 0 Å². The Labute approximate surface area is 41.0 Å². The van der Waals surface area contributed by atoms with Crippen molar-refractivity contribution < 1.29 is 12.3 Å². The highest BCUT2D eigenvalue weighted by atomic mass is 32.3. The zero-order valence-electron chi connectivity index (χ0n) is 3.63. The molecule has 0 aromatic heterocycles. The van der Waals surface area contributed by atoms with Gasteiger partial charge in [0, 0.05) is 7.05 Å². The maximum atomic E-state index is 11.3. The first-order valence-corrected chi connectivity index (χ1v) is 2.72. The van der Waals surface area contributed by atoms with E-state index in [4.69, 9.17) is 0 Å². The average Bonchev–Trinajstić information content (AvgIpc) is 1.31. The van der Waals surface area contributed by atoms with Crippen molar-refractivity contribution in [3.05, 3.63) is 0 Å². The first-order valence-electron chi connectivity index (χ1n) is 1.38. The molecule has 2 N–H and O–H groups in total. The van der Waals surface area contributed by atoms with Crippen molar-refractivity contribution in [3.8, 4) is 0 Å². The maximum absolute atomic E-state index is 11.3. The Hall–Kier alpha value is -0.200. The van der Waals surface area contributed by atoms with E-state index < -0.39 is 10.4 Å². The van der Waals surface area contributed by atoms with Gasteiger partial charge < -0.3 is 0 Å². The Morgan fingerprint density at radius 2 is 1.86 bits per heavy atom. The van der Waals surface area contributed by atoms with Crippen molar-refractivity contribution in [3.63, 3.8) is 0 Å². The molecular formula is CH5FN2O2S. The summed E-state index contributed by atoms with van der Waals surface area (Å²) in [5.74, 6) is 4.44. The molecule has 0 spiro atoms. The van der Waals surface area contributed by atoms with E-state index in [0.29, 0.717) is 0 Å². The van der Waals surface area contributed by atoms with Crippen LogP contribution in [0, 0.1) is 0 Å². The minimum atomic E-state index is -4.63. The first-order chi connectivity index (χ1) is 2.94. The van der Waals surface area contributed by atoms with E-state index in [2.05, 4.69) is 5.84 Å². The van der Waals surface area contributed by atoms with Gasteiger partial charge in [-0.25, -0.2) is 0 Å². The monoisotopic (exact) mass is 128 g/mol. The normalized spacial score (nSPS) is 12.6. The van der Waals surface area contributed by atoms with Gasteiger partial charge in [-0.1, -0.05) is 3.89 Å². The molecule has 0 fully saturated rings. The molecule has 0 radical (unpaired) electrons. The quantitative estimate of drug-likeness (QED) is 0.280. The van der Waals surface area contributed by atoms with Crippen LogP contribution < -0.4 is 5.84 Å². The van der Waals surface area contributed by atoms with E-state index in [1.54, 1.807) is 0 Å². The highest BCUT2D eigenvalue weighted by Gasteiger charge is 2.08. The van der Waals surface area contributed by atoms with Crippen molar-refractivity contribution in [2.24, 2.45) is 5.84 Å². The Morgan fingerprint density at radius 1 is 1.71 bits per heavy atom. The summed E-state index contributed by atoms with van der Waals surface area (Å²) in [5, 5.41) is 0. The molecular weight excluding hydrogens is 123 g/mol. The zero-order valence-corrected chi connectivity index (χ0v) is 4.44. The molecule has 0 aromatic carbocycles. The molecule has 4 nitrogen and oxygen atoms in total. The number of hydrazine groups is 1. The lowest BCUT2D eigenvalue weighted by atomic mass is 11.5. The Bertz CT molecular complexity index is 138. The second kappa shape index (κ2) is 1.73. The van der Waals surface area contributed by atoms with Crippen LogP contribution in [0.4, 0.5) is 3.89 Å². The fraction of sp³-hybridized carbons (Fsp3) is 1.00. The van der Waals surface area contributed by atoms with E-state index in [1.807, 2.05) is 0 Å². The van der Waals surface area contributed by atoms with E-state index in [9.17, 15) is 12.3 Å². The lowest BCUT2D eigenvalue weighted by molar-refractivity contribution is 0.445. The molecule has 0 atom stereocenters. The van der Waals surface area contributed by atoms with E-state index >= 15 is 0 Å². The third-order valence-electron chi connectivity index (χ3n) is 0.344. The van der Waals surface area contributed by atoms with Crippen LogP contribution in [0.1, 0.15) is 0 Å². The van der Waals surface area contributed by atoms with Crippen molar-refractivity contribution >= 4 is 10.4 Å². The minimum absolute atomic E-state index is 0.00694. The van der Waals surface area contributed by atoms with E-state index in [0.717, 1.165) is 7.05 Å². The summed E-state index contributed by atoms with van der Waals surface area (Å²) in [4.78, 5) is 0. The molecule has 0 rings (SSSR count). The van der Waals surface area contributed by atoms with Gasteiger partial charge in [-0.2, -0.15) is 8.42 Å². The summed E-state index contributed by atoms with van der Waals surface area (Å²) in [6.07, 6.45) is 0. The second-order valence-corrected chi connectivity index (χ2v) is 2.36. The summed E-state index contributed by atoms with van der Waals surface area (Å²) in [6, 6.07) is 0. The standard InChI is InChI=1S/CH5FN2O2S/c1-4(3)7(2,5)6/h3H2,1H3. The highest BCUT2D eigenvalue weighted by molar-refractivity contribution is 7.83. The van der Waals surface area contributed by atoms with Crippen LogP contribution in [0.2, 0.25) is 0 Å². The van der Waals surface area contributed by atoms with Crippen molar-refractivity contribution in [1.29, 1.82) is 0 Å². The summed E-state index contributed by atoms with van der Waals surface area (Å²) in [5.41, 5.74) is 0. The topological polar surface area (TPSA) is 63.4 Å². The van der Waals surface area contributed by atoms with Crippen LogP contribution in [0.5, 0.6) is 0 Å². The Balaban J connectivity index is 4.10. The second-order valence-electron chi connectivity index (χ2n) is 0.958. The van der Waals surface area contributed by atoms with E-state index in [1.165, 1.54) is 0 Å². The predicted octanol–water partition coefficient (Wildman–Crippen LogP) is -0.994. The fourth-order valence-electron chi connectivity index (χ4n) is 0. The molecule has 44 valence electrons. The number of halogens is 1. The summed E-state index contributed by atoms with van der Waals surface area (Å²) < 4.78 is 30.2. The van der Waals surface area contributed by atoms with Crippen molar-refractivity contribution in [2.75, 3.05) is 7.05 Å². The van der Waals surface area contributed by atoms with Gasteiger partial charge >= 0.3 is 10.4 Å². The van der Waals surface area contributed by atoms with Crippen LogP contribution >= 0.6 is 0 Å². The van der Waals surface area contributed by atoms with Gasteiger partial charge in [0.2, 0.25) is 0 Å². The Morgan fingerprint density at radius 3 is 1.86 bits per heavy atom. The third kappa shape index (κ3) is 2.49. The molecule has 0 aliphatic heterocycles. The van der Waals surface area contributed by atoms with Crippen molar-refractivity contribution in [2.45, 2.75) is 0 Å². The van der Waals surface area contributed by atoms with Crippen LogP contribution in [-0.2, 0) is 10.4 Å². The smallest absolute Gasteiger partial charge is 0.253 e. The molecule has 0 amide bonds. The largest absolute Gasteiger partial charge is 0.387 e. The molecule has 0 saturated heterocycles. The van der Waals surface area contributed by atoms with Gasteiger partial charge in [-0.3, -0.25) is 5.84 Å². The number of nitrogens with two attached hydrogens (primary N) is 1. The Kier molecular flexibility index (Phi) is 1.68. The molecule has 0 bridgehead atoms. The van der Waals surface area contributed by atoms with Gasteiger partial charge in [0.25, 0.3) is 0 Å². The maximum Gasteiger partial charge on any atom is 0.387 e. The van der Waals surface area contributed by atoms with Gasteiger partial charge in [-0.05, 0) is 0 Å². The summed E-state index contributed by atoms with van der Waals surface area (Å²) >= 11 is 0. The SMILES string of the molecule is CN(N)S(=O)(=O)F. The molecule has 0 aromatic rings. The van der Waals surface area contributed by atoms with Crippen molar-refractivity contribution in [1.82, 2.24) is 4.41 Å². The predicted molar refractivity (Wildman–Crippen MR) is 22.0 cm³/mol. The number of hydrogen-bond acceptors (Lipinski definition) is 3. The van der Waals surface area contributed by atoms with Crippen LogP contribution in [0.3, 0.4) is 0 Å². The number of rotatable bonds is 1. The van der Waals surface area contributed by atoms with Gasteiger partial charge in [0.05, 0.1) is 0 Å². The van der Waals surface area contributed by atoms with Gasteiger partial charge in [-0.15, -0.1) is 4.41 Å². The molecule has 0 saturated carbocycles. The molecule has 0 aliphatic rings. The summed E-state index contributed by atoms with van der Waals surface area (Å²) in [7, 11) is -3.73. The average molecular weight is 128 g/mol. The highest BCUT2D eigenvalue weighted by Crippen LogP contribution is 1.88. The lowest BCUT2D eigenvalue weighted by Crippen LogP contribution is -2.29. The number of nitrogens with zero attached hydrogens (tertiary/aromatic N) is 1. The molecule has 0 aliphatic carbocycles. The molecule has 6 heteroatoms. The van der Waals surface area contributed by atoms with Crippen LogP contribution in [0.25, 0.3) is 0 Å². The number of hydrogen-bond donors (Lipinski definition) is 1. The minimum Gasteiger partial charge on any atom is -0.253 e. The lowest BCUT2D eigenvalue weighted by Gasteiger charge is -1.98. The van der Waals surface area contributed by atoms with Crippen LogP contribution in [-0.4, -0.2) is 19.9 Å². The fourth-order valence-corrected chi connectivity index (χ4v) is 0. The first kappa shape index (κ1) is 6.80. The molecule has 0 heterocycles. The van der Waals surface area contributed by atoms with Gasteiger partial charge in [0.15, 0.2) is 0 Å². The zero-order chi connectivity index (χ0) is 6.08. The van der Waals surface area contributed by atoms with Gasteiger partial charge in [0.1, 0.15) is 0 Å². The molecule has 7 heavy (non-hydrogen) atoms. The third-order valence-corrected chi connectivity index (χ3v) is 1.03. The molecule has 0 unspecified atom stereocenters.